The highest BCUT2D eigenvalue weighted by molar-refractivity contribution is 5.94. The number of amides is 1. The molecule has 1 aromatic rings. The second-order valence-electron chi connectivity index (χ2n) is 4.29. The molecule has 4 heteroatoms. The molecule has 1 aromatic heterocycles. The molecular formula is C12H16N2O2. The van der Waals surface area contributed by atoms with Crippen molar-refractivity contribution >= 4 is 11.6 Å². The van der Waals surface area contributed by atoms with Crippen LogP contribution < -0.4 is 10.1 Å². The van der Waals surface area contributed by atoms with Crippen molar-refractivity contribution in [3.63, 3.8) is 0 Å². The van der Waals surface area contributed by atoms with E-state index in [0.29, 0.717) is 11.6 Å². The summed E-state index contributed by atoms with van der Waals surface area (Å²) in [5.74, 6) is 0.750. The first-order chi connectivity index (χ1) is 7.66. The molecule has 2 rings (SSSR count). The lowest BCUT2D eigenvalue weighted by molar-refractivity contribution is -0.117. The number of carbonyl (C=O) groups is 1. The normalized spacial score (nSPS) is 14.9. The second-order valence-corrected chi connectivity index (χ2v) is 4.29. The molecule has 0 spiro atoms. The Morgan fingerprint density at radius 3 is 2.94 bits per heavy atom. The highest BCUT2D eigenvalue weighted by atomic mass is 16.5. The highest BCUT2D eigenvalue weighted by Gasteiger charge is 2.30. The van der Waals surface area contributed by atoms with Gasteiger partial charge in [0.15, 0.2) is 0 Å². The smallest absolute Gasteiger partial charge is 0.238 e. The van der Waals surface area contributed by atoms with Gasteiger partial charge in [0.25, 0.3) is 0 Å². The largest absolute Gasteiger partial charge is 0.473 e. The van der Waals surface area contributed by atoms with E-state index in [1.807, 2.05) is 19.9 Å². The van der Waals surface area contributed by atoms with Crippen molar-refractivity contribution in [3.8, 4) is 5.88 Å². The van der Waals surface area contributed by atoms with Crippen molar-refractivity contribution in [1.29, 1.82) is 0 Å². The Hall–Kier alpha value is -1.58. The molecular weight excluding hydrogens is 204 g/mol. The molecule has 16 heavy (non-hydrogen) atoms. The molecule has 0 bridgehead atoms. The number of ether oxygens (including phenoxy) is 1. The van der Waals surface area contributed by atoms with E-state index in [2.05, 4.69) is 10.3 Å². The molecule has 0 saturated heterocycles. The molecule has 1 N–H and O–H groups in total. The van der Waals surface area contributed by atoms with Crippen LogP contribution in [0.25, 0.3) is 0 Å². The van der Waals surface area contributed by atoms with Crippen LogP contribution in [0.5, 0.6) is 5.88 Å². The van der Waals surface area contributed by atoms with E-state index in [0.717, 1.165) is 12.8 Å². The summed E-state index contributed by atoms with van der Waals surface area (Å²) in [5, 5.41) is 2.85. The van der Waals surface area contributed by atoms with Crippen LogP contribution in [-0.4, -0.2) is 17.0 Å². The third kappa shape index (κ3) is 2.72. The van der Waals surface area contributed by atoms with Crippen molar-refractivity contribution in [1.82, 2.24) is 4.98 Å². The molecule has 0 aromatic carbocycles. The second kappa shape index (κ2) is 4.51. The maximum absolute atomic E-state index is 11.6. The fourth-order valence-electron chi connectivity index (χ4n) is 1.38. The van der Waals surface area contributed by atoms with Gasteiger partial charge in [0, 0.05) is 12.1 Å². The zero-order valence-corrected chi connectivity index (χ0v) is 9.56. The van der Waals surface area contributed by atoms with Gasteiger partial charge in [-0.15, -0.1) is 0 Å². The average molecular weight is 220 g/mol. The van der Waals surface area contributed by atoms with Gasteiger partial charge in [-0.25, -0.2) is 4.98 Å². The quantitative estimate of drug-likeness (QED) is 0.846. The number of anilines is 1. The minimum atomic E-state index is 0.0477. The van der Waals surface area contributed by atoms with Crippen molar-refractivity contribution in [2.45, 2.75) is 32.8 Å². The molecule has 1 amide bonds. The molecule has 1 saturated carbocycles. The molecule has 86 valence electrons. The van der Waals surface area contributed by atoms with E-state index < -0.39 is 0 Å². The lowest BCUT2D eigenvalue weighted by Crippen LogP contribution is -2.16. The summed E-state index contributed by atoms with van der Waals surface area (Å²) in [6, 6.07) is 3.60. The van der Waals surface area contributed by atoms with E-state index in [1.165, 1.54) is 0 Å². The Morgan fingerprint density at radius 1 is 1.56 bits per heavy atom. The standard InChI is InChI=1S/C12H16N2O2/c1-8(2)16-12-10(4-3-7-13-12)14-11(15)9-5-6-9/h3-4,7-9H,5-6H2,1-2H3,(H,14,15). The van der Waals surface area contributed by atoms with E-state index in [9.17, 15) is 4.79 Å². The van der Waals surface area contributed by atoms with Gasteiger partial charge in [0.1, 0.15) is 5.69 Å². The van der Waals surface area contributed by atoms with Crippen LogP contribution in [0.3, 0.4) is 0 Å². The van der Waals surface area contributed by atoms with Crippen molar-refractivity contribution in [3.05, 3.63) is 18.3 Å². The average Bonchev–Trinajstić information content (AvgIpc) is 3.03. The maximum atomic E-state index is 11.6. The summed E-state index contributed by atoms with van der Waals surface area (Å²) in [5.41, 5.74) is 0.660. The molecule has 1 aliphatic carbocycles. The number of rotatable bonds is 4. The zero-order chi connectivity index (χ0) is 11.5. The Kier molecular flexibility index (Phi) is 3.08. The van der Waals surface area contributed by atoms with Crippen molar-refractivity contribution in [2.24, 2.45) is 5.92 Å². The molecule has 1 aliphatic rings. The minimum absolute atomic E-state index is 0.0477. The monoisotopic (exact) mass is 220 g/mol. The number of pyridine rings is 1. The SMILES string of the molecule is CC(C)Oc1ncccc1NC(=O)C1CC1. The van der Waals surface area contributed by atoms with E-state index >= 15 is 0 Å². The van der Waals surface area contributed by atoms with Crippen LogP contribution in [0.4, 0.5) is 5.69 Å². The maximum Gasteiger partial charge on any atom is 0.238 e. The van der Waals surface area contributed by atoms with Crippen LogP contribution in [0.15, 0.2) is 18.3 Å². The summed E-state index contributed by atoms with van der Waals surface area (Å²) in [6.45, 7) is 3.86. The summed E-state index contributed by atoms with van der Waals surface area (Å²) in [6.07, 6.45) is 3.69. The number of carbonyl (C=O) groups excluding carboxylic acids is 1. The first-order valence-corrected chi connectivity index (χ1v) is 5.59. The number of nitrogens with one attached hydrogen (secondary N) is 1. The fourth-order valence-corrected chi connectivity index (χ4v) is 1.38. The van der Waals surface area contributed by atoms with Gasteiger partial charge in [-0.05, 0) is 38.8 Å². The van der Waals surface area contributed by atoms with Gasteiger partial charge < -0.3 is 10.1 Å². The van der Waals surface area contributed by atoms with Gasteiger partial charge >= 0.3 is 0 Å². The van der Waals surface area contributed by atoms with Gasteiger partial charge in [0.2, 0.25) is 11.8 Å². The Labute approximate surface area is 95.0 Å². The van der Waals surface area contributed by atoms with Gasteiger partial charge in [-0.2, -0.15) is 0 Å². The van der Waals surface area contributed by atoms with Gasteiger partial charge in [-0.3, -0.25) is 4.79 Å². The topological polar surface area (TPSA) is 51.2 Å². The van der Waals surface area contributed by atoms with Gasteiger partial charge in [0.05, 0.1) is 6.10 Å². The number of aromatic nitrogens is 1. The number of nitrogens with zero attached hydrogens (tertiary/aromatic N) is 1. The molecule has 1 fully saturated rings. The van der Waals surface area contributed by atoms with Crippen molar-refractivity contribution in [2.75, 3.05) is 5.32 Å². The first-order valence-electron chi connectivity index (χ1n) is 5.59. The van der Waals surface area contributed by atoms with Crippen molar-refractivity contribution < 1.29 is 9.53 Å². The zero-order valence-electron chi connectivity index (χ0n) is 9.56. The fraction of sp³-hybridized carbons (Fsp3) is 0.500. The predicted octanol–water partition coefficient (Wildman–Crippen LogP) is 2.22. The summed E-state index contributed by atoms with van der Waals surface area (Å²) >= 11 is 0. The van der Waals surface area contributed by atoms with Crippen LogP contribution >= 0.6 is 0 Å². The van der Waals surface area contributed by atoms with Crippen LogP contribution in [0.2, 0.25) is 0 Å². The third-order valence-electron chi connectivity index (χ3n) is 2.32. The van der Waals surface area contributed by atoms with E-state index in [1.54, 1.807) is 12.3 Å². The minimum Gasteiger partial charge on any atom is -0.473 e. The third-order valence-corrected chi connectivity index (χ3v) is 2.32. The predicted molar refractivity (Wildman–Crippen MR) is 61.4 cm³/mol. The van der Waals surface area contributed by atoms with Crippen LogP contribution in [-0.2, 0) is 4.79 Å². The van der Waals surface area contributed by atoms with Crippen LogP contribution in [0.1, 0.15) is 26.7 Å². The molecule has 4 nitrogen and oxygen atoms in total. The van der Waals surface area contributed by atoms with Gasteiger partial charge in [-0.1, -0.05) is 0 Å². The summed E-state index contributed by atoms with van der Waals surface area (Å²) < 4.78 is 5.52. The highest BCUT2D eigenvalue weighted by Crippen LogP contribution is 2.31. The first kappa shape index (κ1) is 10.9. The molecule has 0 radical (unpaired) electrons. The van der Waals surface area contributed by atoms with E-state index in [-0.39, 0.29) is 17.9 Å². The molecule has 0 atom stereocenters. The Morgan fingerprint density at radius 2 is 2.31 bits per heavy atom. The molecule has 0 unspecified atom stereocenters. The molecule has 0 aliphatic heterocycles. The Bertz CT molecular complexity index is 386. The summed E-state index contributed by atoms with van der Waals surface area (Å²) in [7, 11) is 0. The summed E-state index contributed by atoms with van der Waals surface area (Å²) in [4.78, 5) is 15.7. The van der Waals surface area contributed by atoms with E-state index in [4.69, 9.17) is 4.74 Å². The lowest BCUT2D eigenvalue weighted by atomic mass is 10.3. The van der Waals surface area contributed by atoms with Crippen LogP contribution in [0, 0.1) is 5.92 Å². The molecule has 1 heterocycles. The number of hydrogen-bond acceptors (Lipinski definition) is 3. The lowest BCUT2D eigenvalue weighted by Gasteiger charge is -2.13. The number of hydrogen-bond donors (Lipinski definition) is 1. The Balaban J connectivity index is 2.08.